The molecule has 2 aromatic carbocycles. The first-order valence-corrected chi connectivity index (χ1v) is 10.9. The van der Waals surface area contributed by atoms with Gasteiger partial charge in [0.15, 0.2) is 0 Å². The summed E-state index contributed by atoms with van der Waals surface area (Å²) in [5.41, 5.74) is 3.16. The molecule has 1 fully saturated rings. The van der Waals surface area contributed by atoms with Crippen LogP contribution in [0.25, 0.3) is 5.69 Å². The van der Waals surface area contributed by atoms with Gasteiger partial charge in [-0.2, -0.15) is 5.10 Å². The van der Waals surface area contributed by atoms with Gasteiger partial charge in [0, 0.05) is 50.9 Å². The van der Waals surface area contributed by atoms with Gasteiger partial charge >= 0.3 is 0 Å². The van der Waals surface area contributed by atoms with E-state index in [1.165, 1.54) is 24.0 Å². The molecule has 1 saturated heterocycles. The smallest absolute Gasteiger partial charge is 0.223 e. The molecule has 0 spiro atoms. The molecule has 1 aliphatic heterocycles. The molecule has 0 bridgehead atoms. The standard InChI is InChI=1S/C24H29FN6O/c1-19(20-3-7-23(8-4-20)31-18-26-17-27-31)28(2)12-11-24(32)30-15-13-29(14-16-30)22-9-5-21(25)6-10-22/h3-10,17-19H,11-16H2,1-2H3. The molecule has 1 amide bonds. The third kappa shape index (κ3) is 5.13. The van der Waals surface area contributed by atoms with Crippen LogP contribution in [-0.4, -0.2) is 70.2 Å². The number of halogens is 1. The molecule has 1 aromatic heterocycles. The summed E-state index contributed by atoms with van der Waals surface area (Å²) in [5, 5.41) is 4.15. The van der Waals surface area contributed by atoms with E-state index in [1.54, 1.807) is 23.1 Å². The number of anilines is 1. The Kier molecular flexibility index (Phi) is 6.80. The minimum absolute atomic E-state index is 0.185. The average molecular weight is 437 g/mol. The van der Waals surface area contributed by atoms with Crippen LogP contribution in [0, 0.1) is 5.82 Å². The second kappa shape index (κ2) is 9.91. The lowest BCUT2D eigenvalue weighted by atomic mass is 10.1. The summed E-state index contributed by atoms with van der Waals surface area (Å²) < 4.78 is 14.9. The topological polar surface area (TPSA) is 57.5 Å². The van der Waals surface area contributed by atoms with Crippen molar-refractivity contribution in [3.8, 4) is 5.69 Å². The predicted molar refractivity (Wildman–Crippen MR) is 122 cm³/mol. The van der Waals surface area contributed by atoms with Crippen LogP contribution in [0.4, 0.5) is 10.1 Å². The van der Waals surface area contributed by atoms with E-state index in [9.17, 15) is 9.18 Å². The van der Waals surface area contributed by atoms with Crippen molar-refractivity contribution < 1.29 is 9.18 Å². The average Bonchev–Trinajstić information content (AvgIpc) is 3.38. The minimum Gasteiger partial charge on any atom is -0.368 e. The first kappa shape index (κ1) is 22.0. The third-order valence-electron chi connectivity index (χ3n) is 6.22. The molecule has 1 atom stereocenters. The Morgan fingerprint density at radius 1 is 1.03 bits per heavy atom. The monoisotopic (exact) mass is 436 g/mol. The molecule has 0 N–H and O–H groups in total. The zero-order valence-electron chi connectivity index (χ0n) is 18.6. The van der Waals surface area contributed by atoms with E-state index in [2.05, 4.69) is 46.0 Å². The number of piperazine rings is 1. The summed E-state index contributed by atoms with van der Waals surface area (Å²) in [6.07, 6.45) is 3.69. The van der Waals surface area contributed by atoms with Gasteiger partial charge in [0.05, 0.1) is 5.69 Å². The fourth-order valence-electron chi connectivity index (χ4n) is 3.99. The van der Waals surface area contributed by atoms with Gasteiger partial charge in [-0.1, -0.05) is 12.1 Å². The Hall–Kier alpha value is -3.26. The molecular formula is C24H29FN6O. The van der Waals surface area contributed by atoms with Crippen molar-refractivity contribution in [2.24, 2.45) is 0 Å². The molecule has 168 valence electrons. The fraction of sp³-hybridized carbons (Fsp3) is 0.375. The Morgan fingerprint density at radius 3 is 2.31 bits per heavy atom. The maximum absolute atomic E-state index is 13.1. The molecule has 3 aromatic rings. The van der Waals surface area contributed by atoms with Crippen LogP contribution in [0.3, 0.4) is 0 Å². The molecular weight excluding hydrogens is 407 g/mol. The van der Waals surface area contributed by atoms with E-state index in [0.717, 1.165) is 24.5 Å². The quantitative estimate of drug-likeness (QED) is 0.570. The summed E-state index contributed by atoms with van der Waals surface area (Å²) >= 11 is 0. The van der Waals surface area contributed by atoms with Crippen molar-refractivity contribution in [3.63, 3.8) is 0 Å². The number of benzene rings is 2. The van der Waals surface area contributed by atoms with Crippen LogP contribution in [0.1, 0.15) is 24.9 Å². The summed E-state index contributed by atoms with van der Waals surface area (Å²) in [4.78, 5) is 23.1. The van der Waals surface area contributed by atoms with Crippen LogP contribution < -0.4 is 4.90 Å². The van der Waals surface area contributed by atoms with Crippen LogP contribution in [-0.2, 0) is 4.79 Å². The number of hydrogen-bond donors (Lipinski definition) is 0. The highest BCUT2D eigenvalue weighted by Crippen LogP contribution is 2.21. The molecule has 4 rings (SSSR count). The van der Waals surface area contributed by atoms with E-state index in [1.807, 2.05) is 17.0 Å². The van der Waals surface area contributed by atoms with Crippen LogP contribution in [0.2, 0.25) is 0 Å². The first-order chi connectivity index (χ1) is 15.5. The van der Waals surface area contributed by atoms with Gasteiger partial charge in [0.2, 0.25) is 5.91 Å². The second-order valence-electron chi connectivity index (χ2n) is 8.18. The lowest BCUT2D eigenvalue weighted by Gasteiger charge is -2.36. The zero-order valence-corrected chi connectivity index (χ0v) is 18.6. The number of nitrogens with zero attached hydrogens (tertiary/aromatic N) is 6. The molecule has 1 unspecified atom stereocenters. The van der Waals surface area contributed by atoms with Gasteiger partial charge in [0.25, 0.3) is 0 Å². The van der Waals surface area contributed by atoms with Crippen molar-refractivity contribution in [1.29, 1.82) is 0 Å². The van der Waals surface area contributed by atoms with Crippen molar-refractivity contribution in [3.05, 3.63) is 72.6 Å². The third-order valence-corrected chi connectivity index (χ3v) is 6.22. The van der Waals surface area contributed by atoms with Gasteiger partial charge in [-0.3, -0.25) is 9.69 Å². The van der Waals surface area contributed by atoms with E-state index in [4.69, 9.17) is 0 Å². The lowest BCUT2D eigenvalue weighted by molar-refractivity contribution is -0.131. The molecule has 0 radical (unpaired) electrons. The first-order valence-electron chi connectivity index (χ1n) is 10.9. The van der Waals surface area contributed by atoms with Crippen molar-refractivity contribution in [2.75, 3.05) is 44.7 Å². The highest BCUT2D eigenvalue weighted by Gasteiger charge is 2.22. The maximum Gasteiger partial charge on any atom is 0.223 e. The van der Waals surface area contributed by atoms with E-state index in [0.29, 0.717) is 26.1 Å². The zero-order chi connectivity index (χ0) is 22.5. The van der Waals surface area contributed by atoms with Gasteiger partial charge in [-0.15, -0.1) is 0 Å². The number of carbonyl (C=O) groups excluding carboxylic acids is 1. The molecule has 2 heterocycles. The Bertz CT molecular complexity index is 998. The second-order valence-corrected chi connectivity index (χ2v) is 8.18. The fourth-order valence-corrected chi connectivity index (χ4v) is 3.99. The van der Waals surface area contributed by atoms with Gasteiger partial charge in [0.1, 0.15) is 18.5 Å². The van der Waals surface area contributed by atoms with Crippen molar-refractivity contribution in [2.45, 2.75) is 19.4 Å². The van der Waals surface area contributed by atoms with Gasteiger partial charge in [-0.25, -0.2) is 14.1 Å². The summed E-state index contributed by atoms with van der Waals surface area (Å²) in [6.45, 7) is 5.77. The number of amides is 1. The molecule has 0 saturated carbocycles. The highest BCUT2D eigenvalue weighted by molar-refractivity contribution is 5.76. The van der Waals surface area contributed by atoms with Gasteiger partial charge in [-0.05, 0) is 55.9 Å². The highest BCUT2D eigenvalue weighted by atomic mass is 19.1. The number of carbonyl (C=O) groups is 1. The van der Waals surface area contributed by atoms with Gasteiger partial charge < -0.3 is 9.80 Å². The molecule has 7 nitrogen and oxygen atoms in total. The molecule has 0 aliphatic carbocycles. The predicted octanol–water partition coefficient (Wildman–Crippen LogP) is 3.14. The number of rotatable bonds is 7. The Balaban J connectivity index is 1.24. The summed E-state index contributed by atoms with van der Waals surface area (Å²) in [6, 6.07) is 15.0. The number of hydrogen-bond acceptors (Lipinski definition) is 5. The molecule has 8 heteroatoms. The normalized spacial score (nSPS) is 15.2. The summed E-state index contributed by atoms with van der Waals surface area (Å²) in [7, 11) is 2.05. The molecule has 32 heavy (non-hydrogen) atoms. The maximum atomic E-state index is 13.1. The number of aromatic nitrogens is 3. The van der Waals surface area contributed by atoms with Crippen LogP contribution in [0.5, 0.6) is 0 Å². The SMILES string of the molecule is CC(c1ccc(-n2cncn2)cc1)N(C)CCC(=O)N1CCN(c2ccc(F)cc2)CC1. The van der Waals surface area contributed by atoms with E-state index in [-0.39, 0.29) is 17.8 Å². The van der Waals surface area contributed by atoms with E-state index >= 15 is 0 Å². The largest absolute Gasteiger partial charge is 0.368 e. The van der Waals surface area contributed by atoms with Crippen LogP contribution >= 0.6 is 0 Å². The lowest BCUT2D eigenvalue weighted by Crippen LogP contribution is -2.49. The Morgan fingerprint density at radius 2 is 1.69 bits per heavy atom. The van der Waals surface area contributed by atoms with Crippen LogP contribution in [0.15, 0.2) is 61.2 Å². The Labute approximate surface area is 188 Å². The van der Waals surface area contributed by atoms with E-state index < -0.39 is 0 Å². The van der Waals surface area contributed by atoms with Crippen molar-refractivity contribution >= 4 is 11.6 Å². The summed E-state index contributed by atoms with van der Waals surface area (Å²) in [5.74, 6) is -0.0450. The molecule has 1 aliphatic rings. The van der Waals surface area contributed by atoms with Crippen molar-refractivity contribution in [1.82, 2.24) is 24.6 Å². The minimum atomic E-state index is -0.230.